The van der Waals surface area contributed by atoms with Crippen LogP contribution in [-0.4, -0.2) is 50.9 Å². The van der Waals surface area contributed by atoms with E-state index in [0.29, 0.717) is 12.2 Å². The zero-order valence-electron chi connectivity index (χ0n) is 23.1. The maximum absolute atomic E-state index is 14.1. The van der Waals surface area contributed by atoms with Crippen molar-refractivity contribution in [1.82, 2.24) is 10.2 Å². The lowest BCUT2D eigenvalue weighted by Gasteiger charge is -2.34. The Kier molecular flexibility index (Phi) is 10.1. The standard InChI is InChI=1S/C30H37N3O5S/c1-6-28(30(35)31-22(2)3)32(20-24-14-11-10-13-23(24)4)29(34)21-33(25-15-12-16-26(19-25)38-5)39(36,37)27-17-8-7-9-18-27/h7-19,22,28H,6,20-21H2,1-5H3,(H,31,35)/t28-/m1/s1. The molecular weight excluding hydrogens is 514 g/mol. The highest BCUT2D eigenvalue weighted by atomic mass is 32.2. The number of anilines is 1. The number of nitrogens with zero attached hydrogens (tertiary/aromatic N) is 2. The molecule has 3 aromatic rings. The first-order chi connectivity index (χ1) is 18.6. The number of carbonyl (C=O) groups is 2. The second-order valence-electron chi connectivity index (χ2n) is 9.56. The van der Waals surface area contributed by atoms with Crippen molar-refractivity contribution in [2.45, 2.75) is 57.6 Å². The lowest BCUT2D eigenvalue weighted by atomic mass is 10.1. The molecule has 8 nitrogen and oxygen atoms in total. The number of ether oxygens (including phenoxy) is 1. The van der Waals surface area contributed by atoms with Gasteiger partial charge in [0.1, 0.15) is 18.3 Å². The summed E-state index contributed by atoms with van der Waals surface area (Å²) in [6.07, 6.45) is 0.362. The largest absolute Gasteiger partial charge is 0.497 e. The number of rotatable bonds is 12. The van der Waals surface area contributed by atoms with E-state index in [1.54, 1.807) is 42.5 Å². The van der Waals surface area contributed by atoms with Gasteiger partial charge >= 0.3 is 0 Å². The molecule has 0 aliphatic rings. The van der Waals surface area contributed by atoms with Crippen LogP contribution in [0.3, 0.4) is 0 Å². The Morgan fingerprint density at radius 3 is 2.23 bits per heavy atom. The molecule has 0 aliphatic heterocycles. The Labute approximate surface area is 231 Å². The molecule has 39 heavy (non-hydrogen) atoms. The van der Waals surface area contributed by atoms with Crippen LogP contribution in [0.25, 0.3) is 0 Å². The summed E-state index contributed by atoms with van der Waals surface area (Å²) in [5.74, 6) is -0.327. The first-order valence-electron chi connectivity index (χ1n) is 12.9. The van der Waals surface area contributed by atoms with Gasteiger partial charge in [-0.25, -0.2) is 8.42 Å². The molecule has 0 spiro atoms. The lowest BCUT2D eigenvalue weighted by molar-refractivity contribution is -0.140. The Bertz CT molecular complexity index is 1380. The number of sulfonamides is 1. The van der Waals surface area contributed by atoms with Crippen molar-refractivity contribution in [1.29, 1.82) is 0 Å². The van der Waals surface area contributed by atoms with Crippen LogP contribution in [0.15, 0.2) is 83.8 Å². The quantitative estimate of drug-likeness (QED) is 0.357. The predicted octanol–water partition coefficient (Wildman–Crippen LogP) is 4.53. The van der Waals surface area contributed by atoms with Gasteiger partial charge in [0.2, 0.25) is 11.8 Å². The highest BCUT2D eigenvalue weighted by Crippen LogP contribution is 2.28. The smallest absolute Gasteiger partial charge is 0.264 e. The molecule has 1 N–H and O–H groups in total. The van der Waals surface area contributed by atoms with Crippen molar-refractivity contribution >= 4 is 27.5 Å². The molecule has 0 unspecified atom stereocenters. The molecule has 3 aromatic carbocycles. The SMILES string of the molecule is CC[C@H](C(=O)NC(C)C)N(Cc1ccccc1C)C(=O)CN(c1cccc(OC)c1)S(=O)(=O)c1ccccc1. The molecule has 0 heterocycles. The molecule has 0 saturated heterocycles. The molecule has 208 valence electrons. The third kappa shape index (κ3) is 7.38. The molecule has 0 bridgehead atoms. The molecule has 0 aromatic heterocycles. The number of carbonyl (C=O) groups excluding carboxylic acids is 2. The molecule has 1 atom stereocenters. The van der Waals surface area contributed by atoms with Gasteiger partial charge in [-0.05, 0) is 62.6 Å². The van der Waals surface area contributed by atoms with Gasteiger partial charge in [0.15, 0.2) is 0 Å². The van der Waals surface area contributed by atoms with Crippen LogP contribution >= 0.6 is 0 Å². The van der Waals surface area contributed by atoms with E-state index in [1.165, 1.54) is 24.1 Å². The van der Waals surface area contributed by atoms with Gasteiger partial charge in [0.05, 0.1) is 17.7 Å². The maximum Gasteiger partial charge on any atom is 0.264 e. The minimum absolute atomic E-state index is 0.0515. The van der Waals surface area contributed by atoms with Gasteiger partial charge in [0, 0.05) is 18.7 Å². The molecule has 3 rings (SSSR count). The Balaban J connectivity index is 2.08. The van der Waals surface area contributed by atoms with Crippen molar-refractivity contribution in [2.75, 3.05) is 18.0 Å². The highest BCUT2D eigenvalue weighted by molar-refractivity contribution is 7.92. The molecule has 9 heteroatoms. The van der Waals surface area contributed by atoms with Gasteiger partial charge in [-0.2, -0.15) is 0 Å². The van der Waals surface area contributed by atoms with Crippen LogP contribution in [0.5, 0.6) is 5.75 Å². The highest BCUT2D eigenvalue weighted by Gasteiger charge is 2.34. The fraction of sp³-hybridized carbons (Fsp3) is 0.333. The van der Waals surface area contributed by atoms with Crippen LogP contribution < -0.4 is 14.4 Å². The van der Waals surface area contributed by atoms with Gasteiger partial charge in [-0.15, -0.1) is 0 Å². The number of hydrogen-bond acceptors (Lipinski definition) is 5. The molecule has 0 fully saturated rings. The molecule has 0 saturated carbocycles. The number of nitrogens with one attached hydrogen (secondary N) is 1. The lowest BCUT2D eigenvalue weighted by Crippen LogP contribution is -2.53. The Hall–Kier alpha value is -3.85. The van der Waals surface area contributed by atoms with Crippen molar-refractivity contribution in [3.05, 3.63) is 90.0 Å². The van der Waals surface area contributed by atoms with E-state index < -0.39 is 28.5 Å². The van der Waals surface area contributed by atoms with Crippen molar-refractivity contribution in [3.63, 3.8) is 0 Å². The average molecular weight is 552 g/mol. The van der Waals surface area contributed by atoms with Crippen LogP contribution in [0, 0.1) is 6.92 Å². The van der Waals surface area contributed by atoms with Gasteiger partial charge < -0.3 is 15.0 Å². The van der Waals surface area contributed by atoms with E-state index in [9.17, 15) is 18.0 Å². The number of aryl methyl sites for hydroxylation is 1. The minimum Gasteiger partial charge on any atom is -0.497 e. The zero-order valence-corrected chi connectivity index (χ0v) is 23.9. The summed E-state index contributed by atoms with van der Waals surface area (Å²) in [6.45, 7) is 7.15. The summed E-state index contributed by atoms with van der Waals surface area (Å²) in [5.41, 5.74) is 2.12. The maximum atomic E-state index is 14.1. The van der Waals surface area contributed by atoms with Crippen LogP contribution in [0.1, 0.15) is 38.3 Å². The number of benzene rings is 3. The summed E-state index contributed by atoms with van der Waals surface area (Å²) in [6, 6.07) is 21.3. The monoisotopic (exact) mass is 551 g/mol. The van der Waals surface area contributed by atoms with E-state index in [0.717, 1.165) is 15.4 Å². The third-order valence-corrected chi connectivity index (χ3v) is 8.16. The minimum atomic E-state index is -4.13. The van der Waals surface area contributed by atoms with Crippen LogP contribution in [-0.2, 0) is 26.2 Å². The Morgan fingerprint density at radius 2 is 1.62 bits per heavy atom. The molecular formula is C30H37N3O5S. The van der Waals surface area contributed by atoms with Crippen LogP contribution in [0.2, 0.25) is 0 Å². The first-order valence-corrected chi connectivity index (χ1v) is 14.4. The van der Waals surface area contributed by atoms with Crippen LogP contribution in [0.4, 0.5) is 5.69 Å². The number of methoxy groups -OCH3 is 1. The summed E-state index contributed by atoms with van der Waals surface area (Å²) in [4.78, 5) is 28.8. The van der Waals surface area contributed by atoms with Gasteiger partial charge in [-0.3, -0.25) is 13.9 Å². The van der Waals surface area contributed by atoms with E-state index in [1.807, 2.05) is 52.0 Å². The first kappa shape index (κ1) is 29.7. The second-order valence-corrected chi connectivity index (χ2v) is 11.4. The topological polar surface area (TPSA) is 96.0 Å². The molecule has 2 amide bonds. The fourth-order valence-electron chi connectivity index (χ4n) is 4.29. The normalized spacial score (nSPS) is 12.1. The van der Waals surface area contributed by atoms with E-state index in [4.69, 9.17) is 4.74 Å². The van der Waals surface area contributed by atoms with Crippen molar-refractivity contribution in [3.8, 4) is 5.75 Å². The van der Waals surface area contributed by atoms with E-state index in [-0.39, 0.29) is 29.1 Å². The van der Waals surface area contributed by atoms with Gasteiger partial charge in [0.25, 0.3) is 10.0 Å². The predicted molar refractivity (Wildman–Crippen MR) is 153 cm³/mol. The summed E-state index contributed by atoms with van der Waals surface area (Å²) in [7, 11) is -2.64. The van der Waals surface area contributed by atoms with Crippen molar-refractivity contribution < 1.29 is 22.7 Å². The summed E-state index contributed by atoms with van der Waals surface area (Å²) in [5, 5.41) is 2.90. The fourth-order valence-corrected chi connectivity index (χ4v) is 5.71. The van der Waals surface area contributed by atoms with E-state index >= 15 is 0 Å². The second kappa shape index (κ2) is 13.3. The Morgan fingerprint density at radius 1 is 0.949 bits per heavy atom. The van der Waals surface area contributed by atoms with Gasteiger partial charge in [-0.1, -0.05) is 55.5 Å². The third-order valence-electron chi connectivity index (χ3n) is 6.37. The summed E-state index contributed by atoms with van der Waals surface area (Å²) < 4.78 is 34.1. The number of hydrogen-bond donors (Lipinski definition) is 1. The number of amides is 2. The van der Waals surface area contributed by atoms with E-state index in [2.05, 4.69) is 5.32 Å². The average Bonchev–Trinajstić information content (AvgIpc) is 2.92. The molecule has 0 radical (unpaired) electrons. The van der Waals surface area contributed by atoms with Crippen molar-refractivity contribution in [2.24, 2.45) is 0 Å². The molecule has 0 aliphatic carbocycles. The zero-order chi connectivity index (χ0) is 28.6. The summed E-state index contributed by atoms with van der Waals surface area (Å²) >= 11 is 0.